The smallest absolute Gasteiger partial charge is 0.255 e. The predicted molar refractivity (Wildman–Crippen MR) is 87.0 cm³/mol. The van der Waals surface area contributed by atoms with E-state index in [2.05, 4.69) is 19.0 Å². The van der Waals surface area contributed by atoms with Gasteiger partial charge in [-0.05, 0) is 24.3 Å². The van der Waals surface area contributed by atoms with Crippen LogP contribution in [0.3, 0.4) is 0 Å². The summed E-state index contributed by atoms with van der Waals surface area (Å²) in [4.78, 5) is 15.5. The molecule has 1 rings (SSSR count). The maximum atomic E-state index is 12.7. The average molecular weight is 309 g/mol. The van der Waals surface area contributed by atoms with Crippen molar-refractivity contribution in [2.45, 2.75) is 25.2 Å². The van der Waals surface area contributed by atoms with Crippen LogP contribution in [-0.4, -0.2) is 41.2 Å². The molecule has 1 aromatic carbocycles. The third kappa shape index (κ3) is 5.30. The van der Waals surface area contributed by atoms with Crippen molar-refractivity contribution in [2.24, 2.45) is 16.8 Å². The van der Waals surface area contributed by atoms with Gasteiger partial charge in [-0.25, -0.2) is 0 Å². The number of thioether (sulfide) groups is 1. The fourth-order valence-electron chi connectivity index (χ4n) is 2.01. The second-order valence-electron chi connectivity index (χ2n) is 5.19. The van der Waals surface area contributed by atoms with Crippen LogP contribution in [0.15, 0.2) is 34.3 Å². The van der Waals surface area contributed by atoms with Gasteiger partial charge in [-0.1, -0.05) is 31.1 Å². The molecule has 0 atom stereocenters. The van der Waals surface area contributed by atoms with Crippen molar-refractivity contribution < 1.29 is 10.0 Å². The van der Waals surface area contributed by atoms with Gasteiger partial charge in [-0.15, -0.1) is 11.8 Å². The molecule has 21 heavy (non-hydrogen) atoms. The standard InChI is InChI=1S/C15H23N3O2S/c1-11(2)10-18(9-8-14(16)17-20)15(19)12-6-4-5-7-13(12)21-3/h4-7,11,20H,8-10H2,1-3H3,(H2,16,17). The normalized spacial score (nSPS) is 11.7. The first-order valence-electron chi connectivity index (χ1n) is 6.88. The molecule has 0 aliphatic rings. The Labute approximate surface area is 130 Å². The minimum Gasteiger partial charge on any atom is -0.409 e. The largest absolute Gasteiger partial charge is 0.409 e. The number of hydrogen-bond acceptors (Lipinski definition) is 4. The number of carbonyl (C=O) groups excluding carboxylic acids is 1. The molecule has 0 aromatic heterocycles. The maximum absolute atomic E-state index is 12.7. The van der Waals surface area contributed by atoms with E-state index < -0.39 is 0 Å². The Bertz CT molecular complexity index is 503. The van der Waals surface area contributed by atoms with E-state index >= 15 is 0 Å². The number of benzene rings is 1. The van der Waals surface area contributed by atoms with Gasteiger partial charge in [-0.3, -0.25) is 4.79 Å². The maximum Gasteiger partial charge on any atom is 0.255 e. The van der Waals surface area contributed by atoms with Crippen LogP contribution in [0.5, 0.6) is 0 Å². The van der Waals surface area contributed by atoms with Gasteiger partial charge in [0.1, 0.15) is 5.84 Å². The van der Waals surface area contributed by atoms with E-state index in [1.54, 1.807) is 16.7 Å². The second kappa shape index (κ2) is 8.56. The number of hydrogen-bond donors (Lipinski definition) is 2. The Kier molecular flexibility index (Phi) is 7.08. The van der Waals surface area contributed by atoms with Gasteiger partial charge in [0.15, 0.2) is 0 Å². The minimum absolute atomic E-state index is 0.0145. The molecule has 0 spiro atoms. The highest BCUT2D eigenvalue weighted by molar-refractivity contribution is 7.98. The minimum atomic E-state index is -0.0145. The van der Waals surface area contributed by atoms with Gasteiger partial charge >= 0.3 is 0 Å². The van der Waals surface area contributed by atoms with Gasteiger partial charge in [-0.2, -0.15) is 0 Å². The van der Waals surface area contributed by atoms with Gasteiger partial charge in [0.2, 0.25) is 0 Å². The molecule has 116 valence electrons. The highest BCUT2D eigenvalue weighted by Gasteiger charge is 2.19. The Balaban J connectivity index is 2.93. The average Bonchev–Trinajstić information content (AvgIpc) is 2.49. The first-order chi connectivity index (χ1) is 9.99. The molecule has 1 amide bonds. The number of amidine groups is 1. The summed E-state index contributed by atoms with van der Waals surface area (Å²) in [6, 6.07) is 7.57. The molecular weight excluding hydrogens is 286 g/mol. The number of carbonyl (C=O) groups is 1. The molecule has 0 bridgehead atoms. The molecule has 1 aromatic rings. The lowest BCUT2D eigenvalue weighted by molar-refractivity contribution is 0.0737. The van der Waals surface area contributed by atoms with Crippen LogP contribution >= 0.6 is 11.8 Å². The van der Waals surface area contributed by atoms with E-state index in [1.807, 2.05) is 30.5 Å². The summed E-state index contributed by atoms with van der Waals surface area (Å²) in [5, 5.41) is 11.6. The number of amides is 1. The van der Waals surface area contributed by atoms with Crippen molar-refractivity contribution in [3.8, 4) is 0 Å². The van der Waals surface area contributed by atoms with Crippen molar-refractivity contribution >= 4 is 23.5 Å². The third-order valence-electron chi connectivity index (χ3n) is 2.98. The summed E-state index contributed by atoms with van der Waals surface area (Å²) in [5.74, 6) is 0.469. The first kappa shape index (κ1) is 17.4. The summed E-state index contributed by atoms with van der Waals surface area (Å²) in [7, 11) is 0. The van der Waals surface area contributed by atoms with Crippen LogP contribution < -0.4 is 5.73 Å². The highest BCUT2D eigenvalue weighted by atomic mass is 32.2. The molecule has 0 radical (unpaired) electrons. The first-order valence-corrected chi connectivity index (χ1v) is 8.10. The van der Waals surface area contributed by atoms with Crippen molar-refractivity contribution in [2.75, 3.05) is 19.3 Å². The molecule has 0 aliphatic carbocycles. The summed E-state index contributed by atoms with van der Waals surface area (Å²) in [6.07, 6.45) is 2.31. The van der Waals surface area contributed by atoms with Crippen LogP contribution in [0.1, 0.15) is 30.6 Å². The molecule has 0 unspecified atom stereocenters. The van der Waals surface area contributed by atoms with E-state index in [-0.39, 0.29) is 11.7 Å². The van der Waals surface area contributed by atoms with Crippen LogP contribution in [0, 0.1) is 5.92 Å². The fourth-order valence-corrected chi connectivity index (χ4v) is 2.60. The van der Waals surface area contributed by atoms with Gasteiger partial charge in [0, 0.05) is 24.4 Å². The summed E-state index contributed by atoms with van der Waals surface area (Å²) < 4.78 is 0. The van der Waals surface area contributed by atoms with Crippen molar-refractivity contribution in [1.29, 1.82) is 0 Å². The van der Waals surface area contributed by atoms with Crippen molar-refractivity contribution in [3.05, 3.63) is 29.8 Å². The zero-order valence-electron chi connectivity index (χ0n) is 12.7. The SMILES string of the molecule is CSc1ccccc1C(=O)N(CCC(N)=NO)CC(C)C. The molecule has 6 heteroatoms. The molecule has 0 aliphatic heterocycles. The van der Waals surface area contributed by atoms with Crippen molar-refractivity contribution in [1.82, 2.24) is 4.90 Å². The Morgan fingerprint density at radius 3 is 2.67 bits per heavy atom. The monoisotopic (exact) mass is 309 g/mol. The van der Waals surface area contributed by atoms with Crippen LogP contribution in [0.4, 0.5) is 0 Å². The van der Waals surface area contributed by atoms with Crippen LogP contribution in [0.25, 0.3) is 0 Å². The quantitative estimate of drug-likeness (QED) is 0.267. The number of nitrogens with zero attached hydrogens (tertiary/aromatic N) is 2. The summed E-state index contributed by atoms with van der Waals surface area (Å²) in [5.41, 5.74) is 6.20. The highest BCUT2D eigenvalue weighted by Crippen LogP contribution is 2.21. The summed E-state index contributed by atoms with van der Waals surface area (Å²) >= 11 is 1.55. The lowest BCUT2D eigenvalue weighted by atomic mass is 10.1. The topological polar surface area (TPSA) is 78.9 Å². The number of oxime groups is 1. The number of rotatable bonds is 7. The lowest BCUT2D eigenvalue weighted by Gasteiger charge is -2.25. The Hall–Kier alpha value is -1.69. The molecule has 0 saturated heterocycles. The summed E-state index contributed by atoms with van der Waals surface area (Å²) in [6.45, 7) is 5.20. The van der Waals surface area contributed by atoms with E-state index in [0.29, 0.717) is 31.0 Å². The lowest BCUT2D eigenvalue weighted by Crippen LogP contribution is -2.37. The number of nitrogens with two attached hydrogens (primary N) is 1. The molecule has 5 nitrogen and oxygen atoms in total. The van der Waals surface area contributed by atoms with Gasteiger partial charge in [0.05, 0.1) is 5.56 Å². The third-order valence-corrected chi connectivity index (χ3v) is 3.77. The molecule has 0 saturated carbocycles. The zero-order valence-corrected chi connectivity index (χ0v) is 13.6. The van der Waals surface area contributed by atoms with E-state index in [1.165, 1.54) is 0 Å². The fraction of sp³-hybridized carbons (Fsp3) is 0.467. The van der Waals surface area contributed by atoms with Gasteiger partial charge in [0.25, 0.3) is 5.91 Å². The predicted octanol–water partition coefficient (Wildman–Crippen LogP) is 2.64. The van der Waals surface area contributed by atoms with Crippen LogP contribution in [0.2, 0.25) is 0 Å². The van der Waals surface area contributed by atoms with Gasteiger partial charge < -0.3 is 15.8 Å². The molecular formula is C15H23N3O2S. The Morgan fingerprint density at radius 2 is 2.10 bits per heavy atom. The second-order valence-corrected chi connectivity index (χ2v) is 6.03. The molecule has 0 heterocycles. The Morgan fingerprint density at radius 1 is 1.43 bits per heavy atom. The zero-order chi connectivity index (χ0) is 15.8. The van der Waals surface area contributed by atoms with Crippen LogP contribution in [-0.2, 0) is 0 Å². The van der Waals surface area contributed by atoms with Crippen molar-refractivity contribution in [3.63, 3.8) is 0 Å². The molecule has 0 fully saturated rings. The molecule has 3 N–H and O–H groups in total. The van der Waals surface area contributed by atoms with E-state index in [9.17, 15) is 4.79 Å². The van der Waals surface area contributed by atoms with E-state index in [0.717, 1.165) is 4.90 Å². The van der Waals surface area contributed by atoms with E-state index in [4.69, 9.17) is 10.9 Å².